The van der Waals surface area contributed by atoms with Crippen molar-refractivity contribution in [1.82, 2.24) is 4.98 Å². The van der Waals surface area contributed by atoms with E-state index in [2.05, 4.69) is 4.98 Å². The normalized spacial score (nSPS) is 12.2. The highest BCUT2D eigenvalue weighted by atomic mass is 19.4. The van der Waals surface area contributed by atoms with Crippen molar-refractivity contribution in [2.75, 3.05) is 7.11 Å². The molecule has 0 fully saturated rings. The van der Waals surface area contributed by atoms with Gasteiger partial charge < -0.3 is 14.8 Å². The predicted octanol–water partition coefficient (Wildman–Crippen LogP) is 4.05. The van der Waals surface area contributed by atoms with Gasteiger partial charge in [-0.1, -0.05) is 0 Å². The van der Waals surface area contributed by atoms with Crippen molar-refractivity contribution >= 4 is 21.8 Å². The number of fused-ring (bicyclic) bond motifs is 3. The van der Waals surface area contributed by atoms with Crippen LogP contribution in [0.4, 0.5) is 13.2 Å². The number of phenols is 1. The van der Waals surface area contributed by atoms with Crippen molar-refractivity contribution in [2.45, 2.75) is 6.18 Å². The van der Waals surface area contributed by atoms with Gasteiger partial charge in [-0.25, -0.2) is 0 Å². The molecule has 0 atom stereocenters. The molecular formula is C14H10F3NO2. The summed E-state index contributed by atoms with van der Waals surface area (Å²) < 4.78 is 44.1. The molecule has 2 aromatic carbocycles. The Labute approximate surface area is 111 Å². The minimum Gasteiger partial charge on any atom is -0.508 e. The number of aromatic amines is 1. The summed E-state index contributed by atoms with van der Waals surface area (Å²) in [4.78, 5) is 2.74. The number of aromatic hydroxyl groups is 1. The number of nitrogens with one attached hydrogen (secondary N) is 1. The van der Waals surface area contributed by atoms with Crippen molar-refractivity contribution < 1.29 is 23.0 Å². The van der Waals surface area contributed by atoms with Crippen LogP contribution >= 0.6 is 0 Å². The van der Waals surface area contributed by atoms with Gasteiger partial charge in [-0.2, -0.15) is 13.2 Å². The summed E-state index contributed by atoms with van der Waals surface area (Å²) in [6, 6.07) is 6.97. The van der Waals surface area contributed by atoms with Crippen molar-refractivity contribution in [3.8, 4) is 11.5 Å². The average molecular weight is 281 g/mol. The number of ether oxygens (including phenoxy) is 1. The summed E-state index contributed by atoms with van der Waals surface area (Å²) in [7, 11) is 1.48. The minimum absolute atomic E-state index is 0.0430. The van der Waals surface area contributed by atoms with Crippen molar-refractivity contribution in [3.63, 3.8) is 0 Å². The van der Waals surface area contributed by atoms with Gasteiger partial charge in [0, 0.05) is 16.8 Å². The Kier molecular flexibility index (Phi) is 2.57. The van der Waals surface area contributed by atoms with Crippen molar-refractivity contribution in [3.05, 3.63) is 35.9 Å². The molecule has 6 heteroatoms. The highest BCUT2D eigenvalue weighted by Gasteiger charge is 2.34. The summed E-state index contributed by atoms with van der Waals surface area (Å²) in [6.45, 7) is 0. The zero-order chi connectivity index (χ0) is 14.5. The number of hydrogen-bond donors (Lipinski definition) is 2. The molecule has 3 rings (SSSR count). The summed E-state index contributed by atoms with van der Waals surface area (Å²) >= 11 is 0. The number of alkyl halides is 3. The Hall–Kier alpha value is -2.37. The fourth-order valence-electron chi connectivity index (χ4n) is 2.32. The monoisotopic (exact) mass is 281 g/mol. The quantitative estimate of drug-likeness (QED) is 0.706. The second kappa shape index (κ2) is 4.06. The lowest BCUT2D eigenvalue weighted by molar-refractivity contribution is -0.136. The molecule has 0 amide bonds. The van der Waals surface area contributed by atoms with Gasteiger partial charge in [0.2, 0.25) is 0 Å². The number of phenolic OH excluding ortho intramolecular Hbond substituents is 1. The van der Waals surface area contributed by atoms with Gasteiger partial charge in [-0.15, -0.1) is 0 Å². The third kappa shape index (κ3) is 1.84. The molecule has 0 radical (unpaired) electrons. The molecular weight excluding hydrogens is 271 g/mol. The summed E-state index contributed by atoms with van der Waals surface area (Å²) in [6.07, 6.45) is -4.54. The van der Waals surface area contributed by atoms with Gasteiger partial charge in [0.15, 0.2) is 0 Å². The number of aromatic nitrogens is 1. The van der Waals surface area contributed by atoms with E-state index in [1.54, 1.807) is 18.2 Å². The number of H-pyrrole nitrogens is 1. The van der Waals surface area contributed by atoms with E-state index in [9.17, 15) is 18.3 Å². The van der Waals surface area contributed by atoms with E-state index in [4.69, 9.17) is 4.74 Å². The van der Waals surface area contributed by atoms with Crippen LogP contribution < -0.4 is 4.74 Å². The fraction of sp³-hybridized carbons (Fsp3) is 0.143. The zero-order valence-electron chi connectivity index (χ0n) is 10.4. The lowest BCUT2D eigenvalue weighted by atomic mass is 10.1. The molecule has 0 unspecified atom stereocenters. The van der Waals surface area contributed by atoms with Crippen LogP contribution in [0, 0.1) is 0 Å². The topological polar surface area (TPSA) is 45.2 Å². The van der Waals surface area contributed by atoms with E-state index in [1.807, 2.05) is 0 Å². The molecule has 104 valence electrons. The van der Waals surface area contributed by atoms with E-state index in [0.717, 1.165) is 6.07 Å². The summed E-state index contributed by atoms with van der Waals surface area (Å²) in [5.41, 5.74) is -0.406. The van der Waals surface area contributed by atoms with Crippen LogP contribution in [0.25, 0.3) is 21.8 Å². The average Bonchev–Trinajstić information content (AvgIpc) is 2.74. The first-order valence-electron chi connectivity index (χ1n) is 5.80. The van der Waals surface area contributed by atoms with Gasteiger partial charge in [-0.05, 0) is 24.3 Å². The minimum atomic E-state index is -4.54. The van der Waals surface area contributed by atoms with Gasteiger partial charge in [0.05, 0.1) is 23.7 Å². The third-order valence-corrected chi connectivity index (χ3v) is 3.21. The fourth-order valence-corrected chi connectivity index (χ4v) is 2.32. The van der Waals surface area contributed by atoms with Gasteiger partial charge >= 0.3 is 6.18 Å². The highest BCUT2D eigenvalue weighted by molar-refractivity contribution is 6.09. The molecule has 0 saturated carbocycles. The lowest BCUT2D eigenvalue weighted by Crippen LogP contribution is -2.05. The maximum Gasteiger partial charge on any atom is 0.418 e. The Bertz CT molecular complexity index is 805. The van der Waals surface area contributed by atoms with Gasteiger partial charge in [-0.3, -0.25) is 0 Å². The highest BCUT2D eigenvalue weighted by Crippen LogP contribution is 2.40. The Balaban J connectivity index is 2.43. The van der Waals surface area contributed by atoms with Crippen LogP contribution in [-0.2, 0) is 6.18 Å². The third-order valence-electron chi connectivity index (χ3n) is 3.21. The molecule has 0 aliphatic carbocycles. The molecule has 1 aromatic heterocycles. The number of benzene rings is 2. The molecule has 1 heterocycles. The largest absolute Gasteiger partial charge is 0.508 e. The molecule has 3 nitrogen and oxygen atoms in total. The summed E-state index contributed by atoms with van der Waals surface area (Å²) in [5.74, 6) is 0.128. The van der Waals surface area contributed by atoms with Crippen LogP contribution in [0.2, 0.25) is 0 Å². The lowest BCUT2D eigenvalue weighted by Gasteiger charge is -2.08. The number of rotatable bonds is 1. The van der Waals surface area contributed by atoms with E-state index in [0.29, 0.717) is 22.0 Å². The van der Waals surface area contributed by atoms with Crippen LogP contribution in [0.1, 0.15) is 5.56 Å². The van der Waals surface area contributed by atoms with Gasteiger partial charge in [0.25, 0.3) is 0 Å². The SMILES string of the molecule is COc1ccc2c(c1)[nH]c1c(C(F)(F)F)cc(O)cc12. The first-order chi connectivity index (χ1) is 9.40. The smallest absolute Gasteiger partial charge is 0.418 e. The van der Waals surface area contributed by atoms with E-state index < -0.39 is 17.5 Å². The van der Waals surface area contributed by atoms with Crippen LogP contribution in [0.3, 0.4) is 0 Å². The molecule has 3 aromatic rings. The molecule has 0 saturated heterocycles. The number of hydrogen-bond acceptors (Lipinski definition) is 2. The molecule has 2 N–H and O–H groups in total. The second-order valence-corrected chi connectivity index (χ2v) is 4.45. The molecule has 0 spiro atoms. The van der Waals surface area contributed by atoms with Crippen LogP contribution in [0.15, 0.2) is 30.3 Å². The second-order valence-electron chi connectivity index (χ2n) is 4.45. The van der Waals surface area contributed by atoms with E-state index in [-0.39, 0.29) is 5.52 Å². The predicted molar refractivity (Wildman–Crippen MR) is 69.0 cm³/mol. The standard InChI is InChI=1S/C14H10F3NO2/c1-20-8-2-3-9-10-4-7(19)5-11(14(15,16)17)13(10)18-12(9)6-8/h2-6,18-19H,1H3. The first-order valence-corrected chi connectivity index (χ1v) is 5.80. The van der Waals surface area contributed by atoms with E-state index in [1.165, 1.54) is 13.2 Å². The molecule has 20 heavy (non-hydrogen) atoms. The molecule has 0 aliphatic heterocycles. The summed E-state index contributed by atoms with van der Waals surface area (Å²) in [5, 5.41) is 10.4. The number of halogens is 3. The van der Waals surface area contributed by atoms with Crippen LogP contribution in [-0.4, -0.2) is 17.2 Å². The Morgan fingerprint density at radius 2 is 1.85 bits per heavy atom. The zero-order valence-corrected chi connectivity index (χ0v) is 10.4. The number of methoxy groups -OCH3 is 1. The molecule has 0 aliphatic rings. The van der Waals surface area contributed by atoms with Crippen molar-refractivity contribution in [1.29, 1.82) is 0 Å². The van der Waals surface area contributed by atoms with Crippen molar-refractivity contribution in [2.24, 2.45) is 0 Å². The Morgan fingerprint density at radius 3 is 2.50 bits per heavy atom. The van der Waals surface area contributed by atoms with Crippen LogP contribution in [0.5, 0.6) is 11.5 Å². The first kappa shape index (κ1) is 12.7. The maximum absolute atomic E-state index is 13.0. The Morgan fingerprint density at radius 1 is 1.10 bits per heavy atom. The maximum atomic E-state index is 13.0. The van der Waals surface area contributed by atoms with E-state index >= 15 is 0 Å². The molecule has 0 bridgehead atoms. The van der Waals surface area contributed by atoms with Gasteiger partial charge in [0.1, 0.15) is 11.5 Å².